The zero-order chi connectivity index (χ0) is 20.5. The van der Waals surface area contributed by atoms with Crippen LogP contribution in [0.1, 0.15) is 11.1 Å². The number of halogens is 2. The first-order valence-electron chi connectivity index (χ1n) is 8.69. The van der Waals surface area contributed by atoms with Crippen LogP contribution in [-0.2, 0) is 17.9 Å². The molecule has 0 aliphatic rings. The molecule has 0 unspecified atom stereocenters. The molecule has 2 aromatic carbocycles. The maximum absolute atomic E-state index is 13.7. The van der Waals surface area contributed by atoms with Crippen molar-refractivity contribution in [3.63, 3.8) is 0 Å². The van der Waals surface area contributed by atoms with Gasteiger partial charge in [-0.1, -0.05) is 12.1 Å². The highest BCUT2D eigenvalue weighted by Gasteiger charge is 2.07. The van der Waals surface area contributed by atoms with Crippen LogP contribution >= 0.6 is 0 Å². The fourth-order valence-electron chi connectivity index (χ4n) is 2.28. The van der Waals surface area contributed by atoms with Crippen LogP contribution in [0.2, 0.25) is 0 Å². The lowest BCUT2D eigenvalue weighted by atomic mass is 10.2. The summed E-state index contributed by atoms with van der Waals surface area (Å²) in [5.74, 6) is -0.0815. The third-order valence-electron chi connectivity index (χ3n) is 3.90. The van der Waals surface area contributed by atoms with E-state index >= 15 is 0 Å². The normalized spacial score (nSPS) is 11.1. The van der Waals surface area contributed by atoms with E-state index in [1.165, 1.54) is 4.90 Å². The van der Waals surface area contributed by atoms with Crippen LogP contribution < -0.4 is 15.4 Å². The molecular formula is C20H24F2N4O2. The molecule has 0 radical (unpaired) electrons. The summed E-state index contributed by atoms with van der Waals surface area (Å²) >= 11 is 0. The summed E-state index contributed by atoms with van der Waals surface area (Å²) in [6.07, 6.45) is 0. The largest absolute Gasteiger partial charge is 0.484 e. The van der Waals surface area contributed by atoms with Crippen molar-refractivity contribution in [2.45, 2.75) is 13.1 Å². The van der Waals surface area contributed by atoms with Crippen LogP contribution in [-0.4, -0.2) is 44.5 Å². The zero-order valence-electron chi connectivity index (χ0n) is 16.1. The van der Waals surface area contributed by atoms with Crippen LogP contribution in [0.3, 0.4) is 0 Å². The monoisotopic (exact) mass is 390 g/mol. The minimum Gasteiger partial charge on any atom is -0.484 e. The number of guanidine groups is 1. The number of likely N-dealkylation sites (N-methyl/N-ethyl adjacent to an activating group) is 1. The van der Waals surface area contributed by atoms with E-state index < -0.39 is 11.6 Å². The van der Waals surface area contributed by atoms with Crippen LogP contribution in [0.5, 0.6) is 5.75 Å². The quantitative estimate of drug-likeness (QED) is 0.562. The summed E-state index contributed by atoms with van der Waals surface area (Å²) in [4.78, 5) is 17.1. The molecular weight excluding hydrogens is 366 g/mol. The van der Waals surface area contributed by atoms with Crippen LogP contribution in [0.25, 0.3) is 0 Å². The highest BCUT2D eigenvalue weighted by molar-refractivity contribution is 5.79. The van der Waals surface area contributed by atoms with Gasteiger partial charge in [0.15, 0.2) is 12.6 Å². The Morgan fingerprint density at radius 2 is 1.86 bits per heavy atom. The molecule has 6 nitrogen and oxygen atoms in total. The second kappa shape index (κ2) is 10.2. The molecule has 0 heterocycles. The van der Waals surface area contributed by atoms with Crippen molar-refractivity contribution in [2.24, 2.45) is 4.99 Å². The number of nitrogens with zero attached hydrogens (tertiary/aromatic N) is 2. The van der Waals surface area contributed by atoms with E-state index in [0.29, 0.717) is 18.3 Å². The zero-order valence-corrected chi connectivity index (χ0v) is 16.1. The molecule has 28 heavy (non-hydrogen) atoms. The van der Waals surface area contributed by atoms with Gasteiger partial charge in [-0.05, 0) is 35.9 Å². The van der Waals surface area contributed by atoms with Gasteiger partial charge in [-0.15, -0.1) is 0 Å². The number of ether oxygens (including phenoxy) is 1. The van der Waals surface area contributed by atoms with Gasteiger partial charge < -0.3 is 20.3 Å². The Bertz CT molecular complexity index is 841. The van der Waals surface area contributed by atoms with Crippen molar-refractivity contribution in [1.29, 1.82) is 0 Å². The Hall–Kier alpha value is -3.16. The van der Waals surface area contributed by atoms with Gasteiger partial charge in [0.2, 0.25) is 0 Å². The van der Waals surface area contributed by atoms with Gasteiger partial charge in [0.05, 0.1) is 0 Å². The fraction of sp³-hybridized carbons (Fsp3) is 0.300. The molecule has 8 heteroatoms. The van der Waals surface area contributed by atoms with E-state index in [9.17, 15) is 13.6 Å². The molecule has 2 rings (SSSR count). The Morgan fingerprint density at radius 3 is 2.57 bits per heavy atom. The number of hydrogen-bond donors (Lipinski definition) is 2. The van der Waals surface area contributed by atoms with Gasteiger partial charge >= 0.3 is 0 Å². The van der Waals surface area contributed by atoms with Gasteiger partial charge in [0.25, 0.3) is 5.91 Å². The molecule has 150 valence electrons. The standard InChI is InChI=1S/C20H24F2N4O2/c1-23-20(25-12-15-10-16(21)7-8-18(15)22)24-11-14-5-4-6-17(9-14)28-13-19(27)26(2)3/h4-10H,11-13H2,1-3H3,(H2,23,24,25). The molecule has 0 aliphatic carbocycles. The van der Waals surface area contributed by atoms with E-state index in [1.54, 1.807) is 27.2 Å². The molecule has 0 spiro atoms. The molecule has 1 amide bonds. The van der Waals surface area contributed by atoms with Gasteiger partial charge in [-0.2, -0.15) is 0 Å². The number of rotatable bonds is 7. The first-order chi connectivity index (χ1) is 13.4. The lowest BCUT2D eigenvalue weighted by Crippen LogP contribution is -2.36. The lowest BCUT2D eigenvalue weighted by Gasteiger charge is -2.14. The van der Waals surface area contributed by atoms with Crippen LogP contribution in [0.15, 0.2) is 47.5 Å². The molecule has 0 bridgehead atoms. The number of carbonyl (C=O) groups is 1. The van der Waals surface area contributed by atoms with E-state index in [4.69, 9.17) is 4.74 Å². The second-order valence-corrected chi connectivity index (χ2v) is 6.24. The number of carbonyl (C=O) groups excluding carboxylic acids is 1. The van der Waals surface area contributed by atoms with E-state index in [0.717, 1.165) is 23.8 Å². The van der Waals surface area contributed by atoms with Crippen molar-refractivity contribution in [1.82, 2.24) is 15.5 Å². The molecule has 0 aromatic heterocycles. The number of aliphatic imine (C=N–C) groups is 1. The van der Waals surface area contributed by atoms with Crippen molar-refractivity contribution < 1.29 is 18.3 Å². The highest BCUT2D eigenvalue weighted by Crippen LogP contribution is 2.13. The third-order valence-corrected chi connectivity index (χ3v) is 3.90. The number of hydrogen-bond acceptors (Lipinski definition) is 3. The summed E-state index contributed by atoms with van der Waals surface area (Å²) in [6.45, 7) is 0.496. The fourth-order valence-corrected chi connectivity index (χ4v) is 2.28. The van der Waals surface area contributed by atoms with Gasteiger partial charge in [-0.25, -0.2) is 8.78 Å². The van der Waals surface area contributed by atoms with Gasteiger partial charge in [-0.3, -0.25) is 9.79 Å². The Labute approximate surface area is 163 Å². The molecule has 2 aromatic rings. The first kappa shape index (κ1) is 21.1. The predicted molar refractivity (Wildman–Crippen MR) is 104 cm³/mol. The SMILES string of the molecule is CN=C(NCc1cccc(OCC(=O)N(C)C)c1)NCc1cc(F)ccc1F. The molecule has 0 fully saturated rings. The second-order valence-electron chi connectivity index (χ2n) is 6.24. The topological polar surface area (TPSA) is 66.0 Å². The van der Waals surface area contributed by atoms with E-state index in [1.807, 2.05) is 18.2 Å². The predicted octanol–water partition coefficient (Wildman–Crippen LogP) is 2.30. The molecule has 0 saturated heterocycles. The van der Waals surface area contributed by atoms with Crippen molar-refractivity contribution in [3.8, 4) is 5.75 Å². The van der Waals surface area contributed by atoms with E-state index in [2.05, 4.69) is 15.6 Å². The van der Waals surface area contributed by atoms with Crippen LogP contribution in [0, 0.1) is 11.6 Å². The lowest BCUT2D eigenvalue weighted by molar-refractivity contribution is -0.130. The van der Waals surface area contributed by atoms with Gasteiger partial charge in [0.1, 0.15) is 17.4 Å². The number of benzene rings is 2. The molecule has 0 aliphatic heterocycles. The number of nitrogens with one attached hydrogen (secondary N) is 2. The Kier molecular flexibility index (Phi) is 7.74. The van der Waals surface area contributed by atoms with Crippen molar-refractivity contribution in [2.75, 3.05) is 27.7 Å². The summed E-state index contributed by atoms with van der Waals surface area (Å²) in [6, 6.07) is 10.6. The third kappa shape index (κ3) is 6.53. The number of amides is 1. The average molecular weight is 390 g/mol. The minimum absolute atomic E-state index is 0.0354. The molecule has 2 N–H and O–H groups in total. The molecule has 0 saturated carbocycles. The first-order valence-corrected chi connectivity index (χ1v) is 8.69. The van der Waals surface area contributed by atoms with Crippen LogP contribution in [0.4, 0.5) is 8.78 Å². The van der Waals surface area contributed by atoms with Crippen molar-refractivity contribution >= 4 is 11.9 Å². The smallest absolute Gasteiger partial charge is 0.259 e. The summed E-state index contributed by atoms with van der Waals surface area (Å²) in [7, 11) is 4.92. The Balaban J connectivity index is 1.88. The minimum atomic E-state index is -0.495. The summed E-state index contributed by atoms with van der Waals surface area (Å²) < 4.78 is 32.4. The molecule has 0 atom stereocenters. The van der Waals surface area contributed by atoms with E-state index in [-0.39, 0.29) is 24.6 Å². The summed E-state index contributed by atoms with van der Waals surface area (Å²) in [5, 5.41) is 6.03. The van der Waals surface area contributed by atoms with Crippen molar-refractivity contribution in [3.05, 3.63) is 65.2 Å². The maximum Gasteiger partial charge on any atom is 0.259 e. The van der Waals surface area contributed by atoms with Gasteiger partial charge in [0, 0.05) is 39.8 Å². The maximum atomic E-state index is 13.7. The average Bonchev–Trinajstić information content (AvgIpc) is 2.68. The highest BCUT2D eigenvalue weighted by atomic mass is 19.1. The Morgan fingerprint density at radius 1 is 1.11 bits per heavy atom. The summed E-state index contributed by atoms with van der Waals surface area (Å²) in [5.41, 5.74) is 1.12.